The Morgan fingerprint density at radius 2 is 2.35 bits per heavy atom. The molecule has 1 saturated heterocycles. The minimum Gasteiger partial charge on any atom is -0.358 e. The fraction of sp³-hybridized carbons (Fsp3) is 0.667. The monoisotopic (exact) mass is 296 g/mol. The van der Waals surface area contributed by atoms with Crippen LogP contribution in [0.4, 0.5) is 5.82 Å². The number of hydrogen-bond acceptors (Lipinski definition) is 4. The summed E-state index contributed by atoms with van der Waals surface area (Å²) in [6, 6.07) is 2.73. The molecule has 2 rings (SSSR count). The van der Waals surface area contributed by atoms with E-state index in [4.69, 9.17) is 11.6 Å². The van der Waals surface area contributed by atoms with Crippen molar-refractivity contribution in [3.05, 3.63) is 22.8 Å². The Morgan fingerprint density at radius 3 is 3.00 bits per heavy atom. The number of likely N-dealkylation sites (tertiary alicyclic amines) is 1. The van der Waals surface area contributed by atoms with Crippen LogP contribution in [0.5, 0.6) is 0 Å². The lowest BCUT2D eigenvalue weighted by Gasteiger charge is -2.27. The summed E-state index contributed by atoms with van der Waals surface area (Å²) >= 11 is 6.20. The lowest BCUT2D eigenvalue weighted by atomic mass is 10.2. The topological polar surface area (TPSA) is 31.4 Å². The zero-order valence-electron chi connectivity index (χ0n) is 12.7. The van der Waals surface area contributed by atoms with Crippen LogP contribution < -0.4 is 10.2 Å². The molecule has 4 nitrogen and oxygen atoms in total. The highest BCUT2D eigenvalue weighted by Gasteiger charge is 2.22. The molecule has 1 aliphatic heterocycles. The van der Waals surface area contributed by atoms with E-state index >= 15 is 0 Å². The molecular weight excluding hydrogens is 272 g/mol. The zero-order chi connectivity index (χ0) is 14.5. The van der Waals surface area contributed by atoms with Gasteiger partial charge >= 0.3 is 0 Å². The first-order chi connectivity index (χ1) is 9.61. The van der Waals surface area contributed by atoms with E-state index in [1.165, 1.54) is 19.4 Å². The van der Waals surface area contributed by atoms with Crippen LogP contribution >= 0.6 is 11.6 Å². The highest BCUT2D eigenvalue weighted by Crippen LogP contribution is 2.22. The largest absolute Gasteiger partial charge is 0.358 e. The normalized spacial score (nSPS) is 19.5. The van der Waals surface area contributed by atoms with Gasteiger partial charge in [-0.1, -0.05) is 18.5 Å². The van der Waals surface area contributed by atoms with Crippen molar-refractivity contribution in [1.29, 1.82) is 0 Å². The Bertz CT molecular complexity index is 438. The van der Waals surface area contributed by atoms with Crippen molar-refractivity contribution in [3.8, 4) is 0 Å². The van der Waals surface area contributed by atoms with Crippen molar-refractivity contribution in [2.75, 3.05) is 38.6 Å². The molecule has 0 saturated carbocycles. The molecule has 0 radical (unpaired) electrons. The Hall–Kier alpha value is -0.840. The van der Waals surface area contributed by atoms with Gasteiger partial charge in [0.2, 0.25) is 0 Å². The number of anilines is 1. The molecule has 1 fully saturated rings. The number of hydrogen-bond donors (Lipinski definition) is 1. The van der Waals surface area contributed by atoms with Crippen molar-refractivity contribution < 1.29 is 0 Å². The molecule has 0 spiro atoms. The van der Waals surface area contributed by atoms with E-state index < -0.39 is 0 Å². The van der Waals surface area contributed by atoms with Gasteiger partial charge in [-0.25, -0.2) is 4.98 Å². The summed E-state index contributed by atoms with van der Waals surface area (Å²) in [5.41, 5.74) is 1.12. The predicted octanol–water partition coefficient (Wildman–Crippen LogP) is 2.37. The average molecular weight is 297 g/mol. The SMILES string of the molecule is CCNCc1cc(N(C)CC2CCCN2C)ncc1Cl. The summed E-state index contributed by atoms with van der Waals surface area (Å²) in [5.74, 6) is 1.00. The van der Waals surface area contributed by atoms with Crippen LogP contribution in [0.1, 0.15) is 25.3 Å². The van der Waals surface area contributed by atoms with Crippen molar-refractivity contribution in [2.24, 2.45) is 0 Å². The lowest BCUT2D eigenvalue weighted by Crippen LogP contribution is -2.37. The summed E-state index contributed by atoms with van der Waals surface area (Å²) in [7, 11) is 4.32. The van der Waals surface area contributed by atoms with Crippen LogP contribution in [0.25, 0.3) is 0 Å². The van der Waals surface area contributed by atoms with E-state index in [1.54, 1.807) is 6.20 Å². The third kappa shape index (κ3) is 3.84. The first-order valence-corrected chi connectivity index (χ1v) is 7.76. The van der Waals surface area contributed by atoms with Gasteiger partial charge in [-0.3, -0.25) is 0 Å². The highest BCUT2D eigenvalue weighted by atomic mass is 35.5. The number of pyridine rings is 1. The number of likely N-dealkylation sites (N-methyl/N-ethyl adjacent to an activating group) is 2. The van der Waals surface area contributed by atoms with E-state index in [0.29, 0.717) is 6.04 Å². The van der Waals surface area contributed by atoms with Gasteiger partial charge in [0, 0.05) is 32.4 Å². The van der Waals surface area contributed by atoms with Gasteiger partial charge in [0.15, 0.2) is 0 Å². The fourth-order valence-corrected chi connectivity index (χ4v) is 2.86. The first-order valence-electron chi connectivity index (χ1n) is 7.38. The second-order valence-corrected chi connectivity index (χ2v) is 5.98. The first kappa shape index (κ1) is 15.5. The molecule has 0 aromatic carbocycles. The second-order valence-electron chi connectivity index (χ2n) is 5.57. The molecule has 2 heterocycles. The van der Waals surface area contributed by atoms with Crippen molar-refractivity contribution in [3.63, 3.8) is 0 Å². The van der Waals surface area contributed by atoms with Gasteiger partial charge in [0.1, 0.15) is 5.82 Å². The van der Waals surface area contributed by atoms with E-state index in [9.17, 15) is 0 Å². The summed E-state index contributed by atoms with van der Waals surface area (Å²) < 4.78 is 0. The number of nitrogens with one attached hydrogen (secondary N) is 1. The number of halogens is 1. The van der Waals surface area contributed by atoms with Crippen LogP contribution in [-0.4, -0.2) is 49.7 Å². The molecule has 1 aliphatic rings. The van der Waals surface area contributed by atoms with Crippen LogP contribution in [0.15, 0.2) is 12.3 Å². The maximum absolute atomic E-state index is 6.20. The van der Waals surface area contributed by atoms with E-state index in [1.807, 2.05) is 0 Å². The average Bonchev–Trinajstić information content (AvgIpc) is 2.83. The van der Waals surface area contributed by atoms with Gasteiger partial charge in [0.25, 0.3) is 0 Å². The third-order valence-electron chi connectivity index (χ3n) is 4.03. The van der Waals surface area contributed by atoms with Crippen molar-refractivity contribution in [2.45, 2.75) is 32.4 Å². The molecule has 1 aromatic heterocycles. The standard InChI is InChI=1S/C15H25ClN4/c1-4-17-9-12-8-15(18-10-14(12)16)20(3)11-13-6-5-7-19(13)2/h8,10,13,17H,4-7,9,11H2,1-3H3. The van der Waals surface area contributed by atoms with Gasteiger partial charge < -0.3 is 15.1 Å². The van der Waals surface area contributed by atoms with E-state index in [0.717, 1.165) is 36.0 Å². The van der Waals surface area contributed by atoms with Crippen LogP contribution in [-0.2, 0) is 6.54 Å². The molecule has 112 valence electrons. The summed E-state index contributed by atoms with van der Waals surface area (Å²) in [5, 5.41) is 4.05. The minimum atomic E-state index is 0.634. The molecule has 0 bridgehead atoms. The smallest absolute Gasteiger partial charge is 0.128 e. The van der Waals surface area contributed by atoms with Crippen LogP contribution in [0.3, 0.4) is 0 Å². The Labute approximate surface area is 127 Å². The molecular formula is C15H25ClN4. The Kier molecular flexibility index (Phi) is 5.64. The summed E-state index contributed by atoms with van der Waals surface area (Å²) in [6.45, 7) is 6.06. The van der Waals surface area contributed by atoms with E-state index in [2.05, 4.69) is 47.2 Å². The molecule has 0 amide bonds. The Morgan fingerprint density at radius 1 is 1.55 bits per heavy atom. The van der Waals surface area contributed by atoms with Gasteiger partial charge in [-0.15, -0.1) is 0 Å². The molecule has 5 heteroatoms. The number of aromatic nitrogens is 1. The number of rotatable bonds is 6. The van der Waals surface area contributed by atoms with Crippen molar-refractivity contribution in [1.82, 2.24) is 15.2 Å². The molecule has 1 unspecified atom stereocenters. The highest BCUT2D eigenvalue weighted by molar-refractivity contribution is 6.31. The van der Waals surface area contributed by atoms with Crippen LogP contribution in [0, 0.1) is 0 Å². The molecule has 1 N–H and O–H groups in total. The van der Waals surface area contributed by atoms with Crippen LogP contribution in [0.2, 0.25) is 5.02 Å². The van der Waals surface area contributed by atoms with Gasteiger partial charge in [0.05, 0.1) is 5.02 Å². The lowest BCUT2D eigenvalue weighted by molar-refractivity contribution is 0.314. The molecule has 0 aliphatic carbocycles. The molecule has 1 atom stereocenters. The van der Waals surface area contributed by atoms with E-state index in [-0.39, 0.29) is 0 Å². The fourth-order valence-electron chi connectivity index (χ4n) is 2.69. The predicted molar refractivity (Wildman–Crippen MR) is 85.5 cm³/mol. The second kappa shape index (κ2) is 7.25. The third-order valence-corrected chi connectivity index (χ3v) is 4.37. The maximum Gasteiger partial charge on any atom is 0.128 e. The van der Waals surface area contributed by atoms with Gasteiger partial charge in [-0.2, -0.15) is 0 Å². The Balaban J connectivity index is 2.03. The summed E-state index contributed by atoms with van der Waals surface area (Å²) in [4.78, 5) is 9.13. The molecule has 20 heavy (non-hydrogen) atoms. The zero-order valence-corrected chi connectivity index (χ0v) is 13.5. The quantitative estimate of drug-likeness (QED) is 0.873. The van der Waals surface area contributed by atoms with Gasteiger partial charge in [-0.05, 0) is 44.6 Å². The number of nitrogens with zero attached hydrogens (tertiary/aromatic N) is 3. The van der Waals surface area contributed by atoms with Crippen molar-refractivity contribution >= 4 is 17.4 Å². The molecule has 1 aromatic rings. The minimum absolute atomic E-state index is 0.634. The summed E-state index contributed by atoms with van der Waals surface area (Å²) in [6.07, 6.45) is 4.34. The maximum atomic E-state index is 6.20.